The number of nitrogens with zero attached hydrogens (tertiary/aromatic N) is 3. The average molecular weight is 534 g/mol. The zero-order valence-electron chi connectivity index (χ0n) is 20.8. The SMILES string of the molecule is CC(C)NC(=O)Cn1c(-c2cccc(Cl)c2)nc2ccc(OCCCN3CCCCC3)cc2c1=O.Cl. The molecule has 0 atom stereocenters. The number of fused-ring (bicyclic) bond motifs is 1. The Kier molecular flexibility index (Phi) is 10.2. The lowest BCUT2D eigenvalue weighted by atomic mass is 10.1. The molecule has 0 spiro atoms. The first kappa shape index (κ1) is 28.0. The van der Waals surface area contributed by atoms with Gasteiger partial charge in [0.1, 0.15) is 18.1 Å². The van der Waals surface area contributed by atoms with Gasteiger partial charge in [-0.05, 0) is 76.5 Å². The summed E-state index contributed by atoms with van der Waals surface area (Å²) in [7, 11) is 0. The number of rotatable bonds is 9. The monoisotopic (exact) mass is 532 g/mol. The third-order valence-corrected chi connectivity index (χ3v) is 6.33. The number of benzene rings is 2. The van der Waals surface area contributed by atoms with Crippen LogP contribution in [0.25, 0.3) is 22.3 Å². The van der Waals surface area contributed by atoms with Crippen molar-refractivity contribution in [3.8, 4) is 17.1 Å². The van der Waals surface area contributed by atoms with Crippen molar-refractivity contribution in [2.45, 2.75) is 52.1 Å². The van der Waals surface area contributed by atoms with E-state index in [9.17, 15) is 9.59 Å². The summed E-state index contributed by atoms with van der Waals surface area (Å²) in [5, 5.41) is 3.80. The van der Waals surface area contributed by atoms with E-state index < -0.39 is 0 Å². The van der Waals surface area contributed by atoms with Gasteiger partial charge in [0.25, 0.3) is 5.56 Å². The van der Waals surface area contributed by atoms with Crippen molar-refractivity contribution in [1.82, 2.24) is 19.8 Å². The molecular weight excluding hydrogens is 499 g/mol. The highest BCUT2D eigenvalue weighted by molar-refractivity contribution is 6.30. The fourth-order valence-corrected chi connectivity index (χ4v) is 4.65. The predicted octanol–water partition coefficient (Wildman–Crippen LogP) is 4.92. The summed E-state index contributed by atoms with van der Waals surface area (Å²) >= 11 is 6.20. The maximum absolute atomic E-state index is 13.6. The number of amides is 1. The number of carbonyl (C=O) groups excluding carboxylic acids is 1. The van der Waals surface area contributed by atoms with Crippen molar-refractivity contribution in [3.05, 3.63) is 57.8 Å². The summed E-state index contributed by atoms with van der Waals surface area (Å²) in [5.74, 6) is 0.777. The molecule has 0 radical (unpaired) electrons. The van der Waals surface area contributed by atoms with Crippen LogP contribution in [0.15, 0.2) is 47.3 Å². The predicted molar refractivity (Wildman–Crippen MR) is 147 cm³/mol. The van der Waals surface area contributed by atoms with Crippen LogP contribution >= 0.6 is 24.0 Å². The Morgan fingerprint density at radius 1 is 1.14 bits per heavy atom. The average Bonchev–Trinajstić information content (AvgIpc) is 2.84. The molecule has 1 saturated heterocycles. The molecular formula is C27H34Cl2N4O3. The molecule has 0 saturated carbocycles. The largest absolute Gasteiger partial charge is 0.494 e. The van der Waals surface area contributed by atoms with E-state index in [1.807, 2.05) is 26.0 Å². The summed E-state index contributed by atoms with van der Waals surface area (Å²) in [5.41, 5.74) is 0.931. The van der Waals surface area contributed by atoms with E-state index in [4.69, 9.17) is 21.3 Å². The van der Waals surface area contributed by atoms with E-state index in [0.29, 0.717) is 39.7 Å². The smallest absolute Gasteiger partial charge is 0.262 e. The summed E-state index contributed by atoms with van der Waals surface area (Å²) < 4.78 is 7.37. The summed E-state index contributed by atoms with van der Waals surface area (Å²) in [6.07, 6.45) is 4.81. The number of hydrogen-bond acceptors (Lipinski definition) is 5. The van der Waals surface area contributed by atoms with Crippen LogP contribution in [0.5, 0.6) is 5.75 Å². The number of hydrogen-bond donors (Lipinski definition) is 1. The number of aromatic nitrogens is 2. The number of halogens is 2. The van der Waals surface area contributed by atoms with Crippen molar-refractivity contribution in [2.24, 2.45) is 0 Å². The second kappa shape index (κ2) is 13.1. The molecule has 4 rings (SSSR count). The topological polar surface area (TPSA) is 76.5 Å². The Hall–Kier alpha value is -2.61. The molecule has 1 aromatic heterocycles. The minimum absolute atomic E-state index is 0. The van der Waals surface area contributed by atoms with Crippen LogP contribution in [0.2, 0.25) is 5.02 Å². The molecule has 1 aliphatic heterocycles. The lowest BCUT2D eigenvalue weighted by molar-refractivity contribution is -0.122. The van der Waals surface area contributed by atoms with Crippen LogP contribution in [-0.4, -0.2) is 52.6 Å². The molecule has 36 heavy (non-hydrogen) atoms. The van der Waals surface area contributed by atoms with Crippen molar-refractivity contribution in [1.29, 1.82) is 0 Å². The molecule has 2 heterocycles. The molecule has 1 aliphatic rings. The maximum Gasteiger partial charge on any atom is 0.262 e. The summed E-state index contributed by atoms with van der Waals surface area (Å²) in [6, 6.07) is 12.5. The van der Waals surface area contributed by atoms with Gasteiger partial charge in [-0.15, -0.1) is 12.4 Å². The van der Waals surface area contributed by atoms with Crippen molar-refractivity contribution < 1.29 is 9.53 Å². The zero-order chi connectivity index (χ0) is 24.8. The first-order valence-electron chi connectivity index (χ1n) is 12.4. The van der Waals surface area contributed by atoms with E-state index in [1.165, 1.54) is 36.9 Å². The van der Waals surface area contributed by atoms with Crippen molar-refractivity contribution >= 4 is 40.8 Å². The highest BCUT2D eigenvalue weighted by Gasteiger charge is 2.17. The number of piperidine rings is 1. The molecule has 2 aromatic carbocycles. The quantitative estimate of drug-likeness (QED) is 0.396. The van der Waals surface area contributed by atoms with Gasteiger partial charge in [0.05, 0.1) is 17.5 Å². The second-order valence-corrected chi connectivity index (χ2v) is 9.78. The van der Waals surface area contributed by atoms with E-state index in [0.717, 1.165) is 13.0 Å². The van der Waals surface area contributed by atoms with Gasteiger partial charge in [-0.2, -0.15) is 0 Å². The van der Waals surface area contributed by atoms with Gasteiger partial charge < -0.3 is 15.0 Å². The van der Waals surface area contributed by atoms with Crippen LogP contribution in [0.3, 0.4) is 0 Å². The minimum Gasteiger partial charge on any atom is -0.494 e. The van der Waals surface area contributed by atoms with Crippen molar-refractivity contribution in [2.75, 3.05) is 26.2 Å². The van der Waals surface area contributed by atoms with Crippen LogP contribution in [-0.2, 0) is 11.3 Å². The van der Waals surface area contributed by atoms with Gasteiger partial charge in [0.2, 0.25) is 5.91 Å². The summed E-state index contributed by atoms with van der Waals surface area (Å²) in [4.78, 5) is 33.4. The lowest BCUT2D eigenvalue weighted by Crippen LogP contribution is -2.37. The fourth-order valence-electron chi connectivity index (χ4n) is 4.46. The third-order valence-electron chi connectivity index (χ3n) is 6.10. The standard InChI is InChI=1S/C27H33ClN4O3.ClH/c1-19(2)29-25(33)18-32-26(20-8-6-9-21(28)16-20)30-24-11-10-22(17-23(24)27(32)34)35-15-7-14-31-12-4-3-5-13-31;/h6,8-11,16-17,19H,3-5,7,12-15,18H2,1-2H3,(H,29,33);1H. The Bertz CT molecular complexity index is 1240. The molecule has 194 valence electrons. The molecule has 3 aromatic rings. The molecule has 1 fully saturated rings. The Labute approximate surface area is 223 Å². The molecule has 1 amide bonds. The normalized spacial score (nSPS) is 14.0. The van der Waals surface area contributed by atoms with Gasteiger partial charge in [0, 0.05) is 23.2 Å². The van der Waals surface area contributed by atoms with Crippen LogP contribution < -0.4 is 15.6 Å². The summed E-state index contributed by atoms with van der Waals surface area (Å²) in [6.45, 7) is 7.57. The van der Waals surface area contributed by atoms with Gasteiger partial charge in [-0.3, -0.25) is 14.2 Å². The van der Waals surface area contributed by atoms with Crippen LogP contribution in [0.1, 0.15) is 39.5 Å². The first-order valence-corrected chi connectivity index (χ1v) is 12.7. The van der Waals surface area contributed by atoms with Gasteiger partial charge >= 0.3 is 0 Å². The number of ether oxygens (including phenoxy) is 1. The van der Waals surface area contributed by atoms with Gasteiger partial charge in [0.15, 0.2) is 0 Å². The van der Waals surface area contributed by atoms with E-state index in [1.54, 1.807) is 30.3 Å². The number of nitrogens with one attached hydrogen (secondary N) is 1. The van der Waals surface area contributed by atoms with Gasteiger partial charge in [-0.1, -0.05) is 30.2 Å². The molecule has 0 aliphatic carbocycles. The van der Waals surface area contributed by atoms with Crippen LogP contribution in [0, 0.1) is 0 Å². The maximum atomic E-state index is 13.6. The Morgan fingerprint density at radius 2 is 1.92 bits per heavy atom. The molecule has 0 bridgehead atoms. The molecule has 0 unspecified atom stereocenters. The van der Waals surface area contributed by atoms with Crippen molar-refractivity contribution in [3.63, 3.8) is 0 Å². The zero-order valence-corrected chi connectivity index (χ0v) is 22.4. The number of likely N-dealkylation sites (tertiary alicyclic amines) is 1. The highest BCUT2D eigenvalue weighted by atomic mass is 35.5. The highest BCUT2D eigenvalue weighted by Crippen LogP contribution is 2.24. The third kappa shape index (κ3) is 7.21. The fraction of sp³-hybridized carbons (Fsp3) is 0.444. The first-order chi connectivity index (χ1) is 16.9. The Balaban J connectivity index is 0.00000361. The van der Waals surface area contributed by atoms with Gasteiger partial charge in [-0.25, -0.2) is 4.98 Å². The molecule has 7 nitrogen and oxygen atoms in total. The molecule has 1 N–H and O–H groups in total. The number of carbonyl (C=O) groups is 1. The van der Waals surface area contributed by atoms with E-state index in [-0.39, 0.29) is 36.5 Å². The second-order valence-electron chi connectivity index (χ2n) is 9.34. The van der Waals surface area contributed by atoms with E-state index in [2.05, 4.69) is 10.2 Å². The van der Waals surface area contributed by atoms with Crippen LogP contribution in [0.4, 0.5) is 0 Å². The Morgan fingerprint density at radius 3 is 2.64 bits per heavy atom. The minimum atomic E-state index is -0.289. The molecule has 9 heteroatoms. The van der Waals surface area contributed by atoms with E-state index >= 15 is 0 Å². The lowest BCUT2D eigenvalue weighted by Gasteiger charge is -2.26.